The molecule has 0 saturated heterocycles. The van der Waals surface area contributed by atoms with E-state index in [9.17, 15) is 4.79 Å². The zero-order valence-electron chi connectivity index (χ0n) is 15.5. The Morgan fingerprint density at radius 2 is 2.07 bits per heavy atom. The monoisotopic (exact) mass is 479 g/mol. The molecule has 4 rings (SSSR count). The normalized spacial score (nSPS) is 15.0. The average molecular weight is 481 g/mol. The van der Waals surface area contributed by atoms with Crippen LogP contribution in [-0.4, -0.2) is 23.7 Å². The molecule has 1 fully saturated rings. The number of aromatic nitrogens is 1. The first kappa shape index (κ1) is 19.8. The molecule has 1 saturated carbocycles. The van der Waals surface area contributed by atoms with Crippen molar-refractivity contribution in [2.75, 3.05) is 6.61 Å². The zero-order chi connectivity index (χ0) is 19.8. The fraction of sp³-hybridized carbons (Fsp3) is 0.333. The van der Waals surface area contributed by atoms with Crippen LogP contribution in [0.1, 0.15) is 37.0 Å². The van der Waals surface area contributed by atoms with E-state index in [4.69, 9.17) is 21.1 Å². The van der Waals surface area contributed by atoms with E-state index in [-0.39, 0.29) is 12.1 Å². The van der Waals surface area contributed by atoms with Gasteiger partial charge in [-0.25, -0.2) is 9.78 Å². The number of ether oxygens (including phenoxy) is 2. The van der Waals surface area contributed by atoms with E-state index in [0.717, 1.165) is 49.2 Å². The molecule has 0 bridgehead atoms. The van der Waals surface area contributed by atoms with Crippen molar-refractivity contribution in [1.82, 2.24) is 4.98 Å². The van der Waals surface area contributed by atoms with Gasteiger partial charge in [0.05, 0.1) is 22.9 Å². The Bertz CT molecular complexity index is 1030. The van der Waals surface area contributed by atoms with Crippen molar-refractivity contribution in [3.63, 3.8) is 0 Å². The van der Waals surface area contributed by atoms with Crippen LogP contribution in [0.5, 0.6) is 0 Å². The minimum atomic E-state index is -0.761. The number of thiazole rings is 1. The molecule has 146 valence electrons. The number of carbonyl (C=O) groups is 1. The van der Waals surface area contributed by atoms with Crippen molar-refractivity contribution in [3.8, 4) is 11.1 Å². The smallest absolute Gasteiger partial charge is 0.339 e. The van der Waals surface area contributed by atoms with Crippen LogP contribution >= 0.6 is 38.9 Å². The quantitative estimate of drug-likeness (QED) is 0.379. The lowest BCUT2D eigenvalue weighted by Crippen LogP contribution is -2.21. The van der Waals surface area contributed by atoms with Gasteiger partial charge in [-0.05, 0) is 71.9 Å². The summed E-state index contributed by atoms with van der Waals surface area (Å²) in [7, 11) is 0. The summed E-state index contributed by atoms with van der Waals surface area (Å²) in [6.45, 7) is 4.11. The Morgan fingerprint density at radius 3 is 2.71 bits per heavy atom. The maximum absolute atomic E-state index is 12.8. The van der Waals surface area contributed by atoms with Crippen molar-refractivity contribution in [2.24, 2.45) is 0 Å². The van der Waals surface area contributed by atoms with Crippen molar-refractivity contribution in [2.45, 2.75) is 38.9 Å². The molecule has 0 N–H and O–H groups in total. The third kappa shape index (κ3) is 3.96. The zero-order valence-corrected chi connectivity index (χ0v) is 18.7. The van der Waals surface area contributed by atoms with Crippen molar-refractivity contribution in [3.05, 3.63) is 50.4 Å². The van der Waals surface area contributed by atoms with E-state index in [1.54, 1.807) is 11.3 Å². The lowest BCUT2D eigenvalue weighted by Gasteiger charge is -2.22. The molecule has 3 aromatic rings. The first-order valence-corrected chi connectivity index (χ1v) is 11.1. The second-order valence-electron chi connectivity index (χ2n) is 6.77. The molecule has 2 aromatic carbocycles. The van der Waals surface area contributed by atoms with Gasteiger partial charge in [-0.1, -0.05) is 23.7 Å². The first-order valence-electron chi connectivity index (χ1n) is 9.15. The van der Waals surface area contributed by atoms with Gasteiger partial charge in [-0.2, -0.15) is 0 Å². The van der Waals surface area contributed by atoms with E-state index < -0.39 is 6.10 Å². The van der Waals surface area contributed by atoms with Crippen LogP contribution in [0.2, 0.25) is 5.02 Å². The van der Waals surface area contributed by atoms with Gasteiger partial charge in [-0.3, -0.25) is 0 Å². The molecular formula is C21H19BrClNO3S. The Morgan fingerprint density at radius 1 is 1.36 bits per heavy atom. The average Bonchev–Trinajstić information content (AvgIpc) is 3.40. The second-order valence-corrected chi connectivity index (χ2v) is 9.48. The maximum Gasteiger partial charge on any atom is 0.339 e. The lowest BCUT2D eigenvalue weighted by molar-refractivity contribution is -0.158. The number of nitrogens with zero attached hydrogens (tertiary/aromatic N) is 1. The lowest BCUT2D eigenvalue weighted by atomic mass is 9.91. The Balaban J connectivity index is 1.97. The predicted octanol–water partition coefficient (Wildman–Crippen LogP) is 6.47. The topological polar surface area (TPSA) is 48.4 Å². The molecule has 0 radical (unpaired) electrons. The van der Waals surface area contributed by atoms with Gasteiger partial charge in [0.15, 0.2) is 10.0 Å². The molecule has 1 aliphatic carbocycles. The van der Waals surface area contributed by atoms with Crippen molar-refractivity contribution >= 4 is 55.1 Å². The number of benzene rings is 2. The summed E-state index contributed by atoms with van der Waals surface area (Å²) in [6.07, 6.45) is 1.29. The number of fused-ring (bicyclic) bond motifs is 1. The third-order valence-electron chi connectivity index (χ3n) is 4.65. The molecule has 1 atom stereocenters. The number of aryl methyl sites for hydroxylation is 1. The SMILES string of the molecule is CCOC(=O)C(OC1CC1)c1c(C)cc2nc(Br)sc2c1-c1ccc(Cl)cc1. The van der Waals surface area contributed by atoms with Crippen LogP contribution in [-0.2, 0) is 14.3 Å². The fourth-order valence-corrected chi connectivity index (χ4v) is 4.94. The van der Waals surface area contributed by atoms with E-state index >= 15 is 0 Å². The highest BCUT2D eigenvalue weighted by atomic mass is 79.9. The highest BCUT2D eigenvalue weighted by Crippen LogP contribution is 2.44. The number of hydrogen-bond acceptors (Lipinski definition) is 5. The van der Waals surface area contributed by atoms with Crippen molar-refractivity contribution < 1.29 is 14.3 Å². The fourth-order valence-electron chi connectivity index (χ4n) is 3.28. The molecular weight excluding hydrogens is 462 g/mol. The molecule has 1 unspecified atom stereocenters. The van der Waals surface area contributed by atoms with E-state index in [0.29, 0.717) is 11.6 Å². The largest absolute Gasteiger partial charge is 0.464 e. The minimum absolute atomic E-state index is 0.107. The Labute approximate surface area is 181 Å². The highest BCUT2D eigenvalue weighted by Gasteiger charge is 2.35. The molecule has 1 aromatic heterocycles. The van der Waals surface area contributed by atoms with Gasteiger partial charge in [0.25, 0.3) is 0 Å². The number of rotatable bonds is 6. The van der Waals surface area contributed by atoms with Crippen LogP contribution in [0.15, 0.2) is 34.2 Å². The predicted molar refractivity (Wildman–Crippen MR) is 116 cm³/mol. The summed E-state index contributed by atoms with van der Waals surface area (Å²) in [5.74, 6) is -0.351. The summed E-state index contributed by atoms with van der Waals surface area (Å²) in [5, 5.41) is 0.663. The van der Waals surface area contributed by atoms with Crippen LogP contribution in [0, 0.1) is 6.92 Å². The van der Waals surface area contributed by atoms with Gasteiger partial charge in [-0.15, -0.1) is 11.3 Å². The highest BCUT2D eigenvalue weighted by molar-refractivity contribution is 9.11. The number of halogens is 2. The van der Waals surface area contributed by atoms with Crippen LogP contribution in [0.3, 0.4) is 0 Å². The van der Waals surface area contributed by atoms with Gasteiger partial charge in [0, 0.05) is 16.1 Å². The number of esters is 1. The Hall–Kier alpha value is -1.47. The van der Waals surface area contributed by atoms with Gasteiger partial charge >= 0.3 is 5.97 Å². The summed E-state index contributed by atoms with van der Waals surface area (Å²) in [5.41, 5.74) is 4.61. The van der Waals surface area contributed by atoms with E-state index in [1.165, 1.54) is 0 Å². The molecule has 4 nitrogen and oxygen atoms in total. The second kappa shape index (κ2) is 8.11. The third-order valence-corrected chi connectivity index (χ3v) is 6.44. The molecule has 1 heterocycles. The molecule has 0 spiro atoms. The van der Waals surface area contributed by atoms with Gasteiger partial charge in [0.2, 0.25) is 0 Å². The number of carbonyl (C=O) groups excluding carboxylic acids is 1. The summed E-state index contributed by atoms with van der Waals surface area (Å²) >= 11 is 11.1. The molecule has 1 aliphatic rings. The van der Waals surface area contributed by atoms with Crippen LogP contribution < -0.4 is 0 Å². The van der Waals surface area contributed by atoms with Crippen LogP contribution in [0.25, 0.3) is 21.3 Å². The summed E-state index contributed by atoms with van der Waals surface area (Å²) in [6, 6.07) is 9.64. The molecule has 7 heteroatoms. The molecule has 0 amide bonds. The van der Waals surface area contributed by atoms with Gasteiger partial charge in [0.1, 0.15) is 0 Å². The van der Waals surface area contributed by atoms with E-state index in [1.807, 2.05) is 44.2 Å². The number of hydrogen-bond donors (Lipinski definition) is 0. The van der Waals surface area contributed by atoms with E-state index in [2.05, 4.69) is 20.9 Å². The van der Waals surface area contributed by atoms with Crippen LogP contribution in [0.4, 0.5) is 0 Å². The maximum atomic E-state index is 12.8. The summed E-state index contributed by atoms with van der Waals surface area (Å²) < 4.78 is 13.3. The Kier molecular flexibility index (Phi) is 5.74. The standard InChI is InChI=1S/C21H19BrClNO3S/c1-3-26-20(25)18(27-14-8-9-14)16-11(2)10-15-19(28-21(22)24-15)17(16)12-4-6-13(23)7-5-12/h4-7,10,14,18H,3,8-9H2,1-2H3. The van der Waals surface area contributed by atoms with Crippen molar-refractivity contribution in [1.29, 1.82) is 0 Å². The molecule has 0 aliphatic heterocycles. The first-order chi connectivity index (χ1) is 13.5. The minimum Gasteiger partial charge on any atom is -0.464 e. The summed E-state index contributed by atoms with van der Waals surface area (Å²) in [4.78, 5) is 17.4. The van der Waals surface area contributed by atoms with Gasteiger partial charge < -0.3 is 9.47 Å². The molecule has 28 heavy (non-hydrogen) atoms.